The second-order valence-corrected chi connectivity index (χ2v) is 7.09. The Balaban J connectivity index is 2.36. The zero-order valence-corrected chi connectivity index (χ0v) is 16.8. The molecule has 0 aromatic heterocycles. The van der Waals surface area contributed by atoms with E-state index < -0.39 is 5.92 Å². The van der Waals surface area contributed by atoms with Crippen molar-refractivity contribution in [3.63, 3.8) is 0 Å². The van der Waals surface area contributed by atoms with Gasteiger partial charge in [-0.25, -0.2) is 0 Å². The van der Waals surface area contributed by atoms with Gasteiger partial charge in [0, 0.05) is 26.6 Å². The molecule has 1 fully saturated rings. The molecule has 1 aromatic carbocycles. The van der Waals surface area contributed by atoms with Crippen molar-refractivity contribution < 1.29 is 23.8 Å². The molecule has 2 amide bonds. The lowest BCUT2D eigenvalue weighted by atomic mass is 9.92. The highest BCUT2D eigenvalue weighted by Crippen LogP contribution is 2.41. The number of ether oxygens (including phenoxy) is 3. The molecule has 27 heavy (non-hydrogen) atoms. The zero-order valence-electron chi connectivity index (χ0n) is 16.8. The first-order chi connectivity index (χ1) is 12.9. The third-order valence-corrected chi connectivity index (χ3v) is 4.74. The van der Waals surface area contributed by atoms with Crippen LogP contribution in [0.5, 0.6) is 11.5 Å². The van der Waals surface area contributed by atoms with Crippen molar-refractivity contribution in [1.82, 2.24) is 10.2 Å². The summed E-state index contributed by atoms with van der Waals surface area (Å²) >= 11 is 0. The van der Waals surface area contributed by atoms with Crippen LogP contribution in [-0.2, 0) is 14.3 Å². The van der Waals surface area contributed by atoms with Crippen LogP contribution in [0.1, 0.15) is 31.9 Å². The van der Waals surface area contributed by atoms with Gasteiger partial charge < -0.3 is 24.4 Å². The van der Waals surface area contributed by atoms with Crippen LogP contribution in [0.4, 0.5) is 0 Å². The van der Waals surface area contributed by atoms with Gasteiger partial charge in [0.2, 0.25) is 11.8 Å². The molecule has 0 radical (unpaired) electrons. The number of rotatable bonds is 9. The highest BCUT2D eigenvalue weighted by atomic mass is 16.5. The van der Waals surface area contributed by atoms with Gasteiger partial charge in [0.25, 0.3) is 0 Å². The minimum Gasteiger partial charge on any atom is -0.493 e. The van der Waals surface area contributed by atoms with Crippen LogP contribution in [-0.4, -0.2) is 57.7 Å². The van der Waals surface area contributed by atoms with E-state index in [0.717, 1.165) is 5.56 Å². The molecule has 7 heteroatoms. The minimum atomic E-state index is -0.453. The van der Waals surface area contributed by atoms with E-state index in [4.69, 9.17) is 14.2 Å². The molecule has 1 heterocycles. The van der Waals surface area contributed by atoms with Crippen LogP contribution in [0.15, 0.2) is 18.2 Å². The van der Waals surface area contributed by atoms with E-state index in [-0.39, 0.29) is 24.3 Å². The van der Waals surface area contributed by atoms with Gasteiger partial charge in [-0.2, -0.15) is 0 Å². The van der Waals surface area contributed by atoms with E-state index in [9.17, 15) is 9.59 Å². The summed E-state index contributed by atoms with van der Waals surface area (Å²) in [6.45, 7) is 5.51. The summed E-state index contributed by atoms with van der Waals surface area (Å²) in [7, 11) is 4.74. The van der Waals surface area contributed by atoms with Crippen LogP contribution >= 0.6 is 0 Å². The van der Waals surface area contributed by atoms with Gasteiger partial charge in [0.1, 0.15) is 0 Å². The second kappa shape index (κ2) is 9.60. The average molecular weight is 378 g/mol. The normalized spacial score (nSPS) is 19.5. The van der Waals surface area contributed by atoms with Gasteiger partial charge >= 0.3 is 0 Å². The molecule has 150 valence electrons. The molecule has 0 aliphatic carbocycles. The maximum Gasteiger partial charge on any atom is 0.226 e. The molecule has 0 saturated carbocycles. The van der Waals surface area contributed by atoms with Crippen molar-refractivity contribution in [1.29, 1.82) is 0 Å². The van der Waals surface area contributed by atoms with Gasteiger partial charge in [-0.1, -0.05) is 19.9 Å². The summed E-state index contributed by atoms with van der Waals surface area (Å²) < 4.78 is 15.9. The number of carbonyl (C=O) groups is 2. The molecule has 7 nitrogen and oxygen atoms in total. The number of amides is 2. The van der Waals surface area contributed by atoms with Gasteiger partial charge in [0.05, 0.1) is 32.8 Å². The fourth-order valence-electron chi connectivity index (χ4n) is 3.36. The number of hydrogen-bond donors (Lipinski definition) is 1. The summed E-state index contributed by atoms with van der Waals surface area (Å²) in [5.74, 6) is 0.923. The quantitative estimate of drug-likeness (QED) is 0.711. The Labute approximate surface area is 161 Å². The van der Waals surface area contributed by atoms with Crippen LogP contribution in [0.3, 0.4) is 0 Å². The minimum absolute atomic E-state index is 0.0449. The topological polar surface area (TPSA) is 77.1 Å². The molecule has 1 aromatic rings. The molecular formula is C20H30N2O5. The summed E-state index contributed by atoms with van der Waals surface area (Å²) in [5.41, 5.74) is 0.847. The highest BCUT2D eigenvalue weighted by molar-refractivity contribution is 5.90. The number of carbonyl (C=O) groups excluding carboxylic acids is 2. The number of nitrogens with zero attached hydrogens (tertiary/aromatic N) is 1. The first-order valence-electron chi connectivity index (χ1n) is 9.20. The van der Waals surface area contributed by atoms with E-state index in [0.29, 0.717) is 37.1 Å². The lowest BCUT2D eigenvalue weighted by Crippen LogP contribution is -2.38. The molecule has 2 atom stereocenters. The number of methoxy groups -OCH3 is 3. The first-order valence-corrected chi connectivity index (χ1v) is 9.20. The monoisotopic (exact) mass is 378 g/mol. The Morgan fingerprint density at radius 3 is 2.52 bits per heavy atom. The molecule has 0 unspecified atom stereocenters. The van der Waals surface area contributed by atoms with Gasteiger partial charge in [-0.05, 0) is 23.6 Å². The average Bonchev–Trinajstić information content (AvgIpc) is 3.00. The zero-order chi connectivity index (χ0) is 20.0. The van der Waals surface area contributed by atoms with Crippen LogP contribution in [0.2, 0.25) is 0 Å². The third-order valence-electron chi connectivity index (χ3n) is 4.74. The summed E-state index contributed by atoms with van der Waals surface area (Å²) in [5, 5.41) is 2.97. The van der Waals surface area contributed by atoms with Crippen molar-refractivity contribution in [2.24, 2.45) is 11.8 Å². The standard InChI is InChI=1S/C20H30N2O5/c1-13(2)12-21-20(24)15-11-18(23)22(8-9-25-3)19(15)14-6-7-16(26-4)17(10-14)27-5/h6-7,10,13,15,19H,8-9,11-12H2,1-5H3,(H,21,24)/t15-,19+/m1/s1. The van der Waals surface area contributed by atoms with Crippen LogP contribution in [0, 0.1) is 11.8 Å². The highest BCUT2D eigenvalue weighted by Gasteiger charge is 2.44. The Morgan fingerprint density at radius 1 is 1.22 bits per heavy atom. The fraction of sp³-hybridized carbons (Fsp3) is 0.600. The fourth-order valence-corrected chi connectivity index (χ4v) is 3.36. The number of likely N-dealkylation sites (tertiary alicyclic amines) is 1. The number of benzene rings is 1. The van der Waals surface area contributed by atoms with E-state index in [1.165, 1.54) is 0 Å². The lowest BCUT2D eigenvalue weighted by Gasteiger charge is -2.28. The van der Waals surface area contributed by atoms with E-state index in [1.54, 1.807) is 32.3 Å². The van der Waals surface area contributed by atoms with Crippen molar-refractivity contribution in [3.05, 3.63) is 23.8 Å². The largest absolute Gasteiger partial charge is 0.493 e. The van der Waals surface area contributed by atoms with Gasteiger partial charge in [-0.3, -0.25) is 9.59 Å². The SMILES string of the molecule is COCCN1C(=O)C[C@@H](C(=O)NCC(C)C)[C@@H]1c1ccc(OC)c(OC)c1. The summed E-state index contributed by atoms with van der Waals surface area (Å²) in [6, 6.07) is 5.16. The maximum atomic E-state index is 12.8. The summed E-state index contributed by atoms with van der Waals surface area (Å²) in [4.78, 5) is 27.2. The lowest BCUT2D eigenvalue weighted by molar-refractivity contribution is -0.129. The Morgan fingerprint density at radius 2 is 1.93 bits per heavy atom. The Bertz CT molecular complexity index is 662. The second-order valence-electron chi connectivity index (χ2n) is 7.09. The number of nitrogens with one attached hydrogen (secondary N) is 1. The van der Waals surface area contributed by atoms with Crippen molar-refractivity contribution in [2.45, 2.75) is 26.3 Å². The first kappa shape index (κ1) is 21.0. The maximum absolute atomic E-state index is 12.8. The van der Waals surface area contributed by atoms with E-state index in [2.05, 4.69) is 5.32 Å². The van der Waals surface area contributed by atoms with Crippen molar-refractivity contribution >= 4 is 11.8 Å². The molecule has 0 spiro atoms. The van der Waals surface area contributed by atoms with Gasteiger partial charge in [0.15, 0.2) is 11.5 Å². The van der Waals surface area contributed by atoms with Crippen LogP contribution in [0.25, 0.3) is 0 Å². The van der Waals surface area contributed by atoms with Crippen molar-refractivity contribution in [2.75, 3.05) is 41.0 Å². The Hall–Kier alpha value is -2.28. The molecule has 0 bridgehead atoms. The van der Waals surface area contributed by atoms with E-state index >= 15 is 0 Å². The molecular weight excluding hydrogens is 348 g/mol. The number of hydrogen-bond acceptors (Lipinski definition) is 5. The van der Waals surface area contributed by atoms with Gasteiger partial charge in [-0.15, -0.1) is 0 Å². The summed E-state index contributed by atoms with van der Waals surface area (Å²) in [6.07, 6.45) is 0.187. The predicted molar refractivity (Wildman–Crippen MR) is 102 cm³/mol. The molecule has 1 N–H and O–H groups in total. The molecule has 1 saturated heterocycles. The Kier molecular flexibility index (Phi) is 7.47. The van der Waals surface area contributed by atoms with Crippen molar-refractivity contribution in [3.8, 4) is 11.5 Å². The molecule has 2 rings (SSSR count). The van der Waals surface area contributed by atoms with Crippen LogP contribution < -0.4 is 14.8 Å². The smallest absolute Gasteiger partial charge is 0.226 e. The molecule has 1 aliphatic rings. The predicted octanol–water partition coefficient (Wildman–Crippen LogP) is 2.01. The molecule has 1 aliphatic heterocycles. The third kappa shape index (κ3) is 4.91. The van der Waals surface area contributed by atoms with E-state index in [1.807, 2.05) is 26.0 Å².